The van der Waals surface area contributed by atoms with Gasteiger partial charge in [0.05, 0.1) is 13.7 Å². The van der Waals surface area contributed by atoms with Gasteiger partial charge in [-0.1, -0.05) is 40.3 Å². The fraction of sp³-hybridized carbons (Fsp3) is 0.0909. The van der Waals surface area contributed by atoms with Crippen LogP contribution >= 0.6 is 28.1 Å². The molecule has 5 nitrogen and oxygen atoms in total. The minimum absolute atomic E-state index is 0.00331. The number of pyridine rings is 1. The zero-order valence-corrected chi connectivity index (χ0v) is 18.1. The summed E-state index contributed by atoms with van der Waals surface area (Å²) in [7, 11) is 1.61. The molecule has 0 atom stereocenters. The lowest BCUT2D eigenvalue weighted by Gasteiger charge is -2.12. The Balaban J connectivity index is 2.07. The molecule has 0 saturated carbocycles. The van der Waals surface area contributed by atoms with E-state index in [1.54, 1.807) is 42.3 Å². The van der Waals surface area contributed by atoms with Crippen LogP contribution in [0, 0.1) is 0 Å². The van der Waals surface area contributed by atoms with Crippen LogP contribution in [0.3, 0.4) is 0 Å². The number of hydrogen-bond acceptors (Lipinski definition) is 4. The van der Waals surface area contributed by atoms with Crippen LogP contribution in [-0.2, 0) is 6.61 Å². The summed E-state index contributed by atoms with van der Waals surface area (Å²) in [6.45, 7) is -0.122. The van der Waals surface area contributed by atoms with Crippen molar-refractivity contribution in [2.24, 2.45) is 0 Å². The van der Waals surface area contributed by atoms with Crippen LogP contribution in [0.1, 0.15) is 11.1 Å². The summed E-state index contributed by atoms with van der Waals surface area (Å²) < 4.78 is 7.61. The topological polar surface area (TPSA) is 65.6 Å². The Morgan fingerprint density at radius 2 is 1.83 bits per heavy atom. The Hall–Kier alpha value is -2.74. The summed E-state index contributed by atoms with van der Waals surface area (Å²) in [4.78, 5) is 0.323. The van der Waals surface area contributed by atoms with E-state index in [4.69, 9.17) is 17.0 Å². The van der Waals surface area contributed by atoms with E-state index >= 15 is 0 Å². The van der Waals surface area contributed by atoms with E-state index in [-0.39, 0.29) is 12.4 Å². The maximum absolute atomic E-state index is 11.1. The maximum atomic E-state index is 11.1. The van der Waals surface area contributed by atoms with Crippen LogP contribution in [0.15, 0.2) is 77.5 Å². The quantitative estimate of drug-likeness (QED) is 0.213. The molecule has 3 N–H and O–H groups in total. The highest BCUT2D eigenvalue weighted by atomic mass is 79.9. The van der Waals surface area contributed by atoms with Gasteiger partial charge < -0.3 is 20.3 Å². The lowest BCUT2D eigenvalue weighted by atomic mass is 10.1. The van der Waals surface area contributed by atoms with Gasteiger partial charge in [-0.2, -0.15) is 4.57 Å². The minimum Gasteiger partial charge on any atom is -0.502 e. The molecular formula is C22H20BrN2O3S+. The molecule has 1 aromatic heterocycles. The SMILES string of the molecule is COc1ccc(NC(=S)/C(=C(\O)c2ccccc2Br)[n+]2cccc(CO)c2)cc1. The molecule has 0 amide bonds. The van der Waals surface area contributed by atoms with E-state index in [0.29, 0.717) is 21.8 Å². The number of anilines is 1. The van der Waals surface area contributed by atoms with E-state index in [0.717, 1.165) is 15.9 Å². The fourth-order valence-electron chi connectivity index (χ4n) is 2.75. The molecule has 3 aromatic rings. The monoisotopic (exact) mass is 471 g/mol. The van der Waals surface area contributed by atoms with Gasteiger partial charge in [0.15, 0.2) is 23.1 Å². The zero-order chi connectivity index (χ0) is 20.8. The molecule has 0 fully saturated rings. The van der Waals surface area contributed by atoms with Gasteiger partial charge in [0.1, 0.15) is 5.75 Å². The number of rotatable bonds is 6. The maximum Gasteiger partial charge on any atom is 0.288 e. The Kier molecular flexibility index (Phi) is 6.98. The first-order valence-electron chi connectivity index (χ1n) is 8.78. The van der Waals surface area contributed by atoms with Crippen molar-refractivity contribution in [1.82, 2.24) is 0 Å². The summed E-state index contributed by atoms with van der Waals surface area (Å²) in [6.07, 6.45) is 3.49. The molecule has 7 heteroatoms. The second-order valence-corrected chi connectivity index (χ2v) is 7.40. The van der Waals surface area contributed by atoms with Crippen LogP contribution in [0.2, 0.25) is 0 Å². The number of nitrogens with one attached hydrogen (secondary N) is 1. The number of aliphatic hydroxyl groups excluding tert-OH is 2. The van der Waals surface area contributed by atoms with Crippen molar-refractivity contribution in [3.63, 3.8) is 0 Å². The van der Waals surface area contributed by atoms with Crippen molar-refractivity contribution >= 4 is 50.3 Å². The first-order valence-corrected chi connectivity index (χ1v) is 9.98. The molecule has 0 aliphatic rings. The van der Waals surface area contributed by atoms with Gasteiger partial charge in [-0.3, -0.25) is 0 Å². The number of benzene rings is 2. The number of aromatic nitrogens is 1. The van der Waals surface area contributed by atoms with Crippen LogP contribution < -0.4 is 14.6 Å². The smallest absolute Gasteiger partial charge is 0.288 e. The van der Waals surface area contributed by atoms with Gasteiger partial charge >= 0.3 is 0 Å². The molecule has 0 bridgehead atoms. The van der Waals surface area contributed by atoms with Crippen molar-refractivity contribution in [3.05, 3.63) is 88.7 Å². The van der Waals surface area contributed by atoms with Crippen LogP contribution in [0.5, 0.6) is 5.75 Å². The fourth-order valence-corrected chi connectivity index (χ4v) is 3.54. The molecule has 1 heterocycles. The molecule has 0 aliphatic carbocycles. The largest absolute Gasteiger partial charge is 0.502 e. The molecule has 148 valence electrons. The second-order valence-electron chi connectivity index (χ2n) is 6.14. The Morgan fingerprint density at radius 1 is 1.10 bits per heavy atom. The number of methoxy groups -OCH3 is 1. The predicted molar refractivity (Wildman–Crippen MR) is 122 cm³/mol. The van der Waals surface area contributed by atoms with E-state index in [2.05, 4.69) is 21.2 Å². The van der Waals surface area contributed by atoms with E-state index < -0.39 is 0 Å². The standard InChI is InChI=1S/C22H19BrN2O3S/c1-28-17-10-8-16(9-11-17)24-22(29)20(25-12-4-5-15(13-25)14-26)21(27)18-6-2-3-7-19(18)23/h2-13,26H,14H2,1H3,(H-,24,27,29)/p+1. The molecule has 0 saturated heterocycles. The number of hydrogen-bond donors (Lipinski definition) is 3. The molecule has 0 radical (unpaired) electrons. The van der Waals surface area contributed by atoms with Gasteiger partial charge in [-0.15, -0.1) is 0 Å². The molecule has 0 spiro atoms. The summed E-state index contributed by atoms with van der Waals surface area (Å²) in [5.41, 5.74) is 2.44. The third kappa shape index (κ3) is 5.00. The minimum atomic E-state index is -0.122. The summed E-state index contributed by atoms with van der Waals surface area (Å²) in [6, 6.07) is 18.3. The first kappa shape index (κ1) is 21.0. The average Bonchev–Trinajstić information content (AvgIpc) is 2.75. The first-order chi connectivity index (χ1) is 14.0. The van der Waals surface area contributed by atoms with Gasteiger partial charge in [0, 0.05) is 27.4 Å². The van der Waals surface area contributed by atoms with Gasteiger partial charge in [-0.25, -0.2) is 0 Å². The predicted octanol–water partition coefficient (Wildman–Crippen LogP) is 4.56. The average molecular weight is 472 g/mol. The molecular weight excluding hydrogens is 452 g/mol. The Bertz CT molecular complexity index is 1050. The highest BCUT2D eigenvalue weighted by molar-refractivity contribution is 9.10. The summed E-state index contributed by atoms with van der Waals surface area (Å²) in [5, 5.41) is 23.8. The van der Waals surface area contributed by atoms with Crippen molar-refractivity contribution in [2.45, 2.75) is 6.61 Å². The number of aliphatic hydroxyl groups is 2. The van der Waals surface area contributed by atoms with Gasteiger partial charge in [0.25, 0.3) is 5.70 Å². The Morgan fingerprint density at radius 3 is 2.48 bits per heavy atom. The van der Waals surface area contributed by atoms with Crippen molar-refractivity contribution in [2.75, 3.05) is 12.4 Å². The number of thiocarbonyl (C=S) groups is 1. The van der Waals surface area contributed by atoms with Crippen molar-refractivity contribution in [3.8, 4) is 5.75 Å². The lowest BCUT2D eigenvalue weighted by molar-refractivity contribution is -0.576. The molecule has 0 unspecified atom stereocenters. The summed E-state index contributed by atoms with van der Waals surface area (Å²) >= 11 is 9.12. The zero-order valence-electron chi connectivity index (χ0n) is 15.7. The number of ether oxygens (including phenoxy) is 1. The highest BCUT2D eigenvalue weighted by Gasteiger charge is 2.25. The lowest BCUT2D eigenvalue weighted by Crippen LogP contribution is -2.39. The number of nitrogens with zero attached hydrogens (tertiary/aromatic N) is 1. The molecule has 3 rings (SSSR count). The highest BCUT2D eigenvalue weighted by Crippen LogP contribution is 2.26. The summed E-state index contributed by atoms with van der Waals surface area (Å²) in [5.74, 6) is 0.738. The van der Waals surface area contributed by atoms with E-state index in [1.807, 2.05) is 42.5 Å². The van der Waals surface area contributed by atoms with Crippen LogP contribution in [0.25, 0.3) is 11.5 Å². The number of halogens is 1. The van der Waals surface area contributed by atoms with Crippen molar-refractivity contribution < 1.29 is 19.5 Å². The van der Waals surface area contributed by atoms with E-state index in [9.17, 15) is 10.2 Å². The third-order valence-corrected chi connectivity index (χ3v) is 5.21. The normalized spacial score (nSPS) is 11.6. The van der Waals surface area contributed by atoms with Crippen LogP contribution in [-0.4, -0.2) is 22.3 Å². The second kappa shape index (κ2) is 9.65. The third-order valence-electron chi connectivity index (χ3n) is 4.22. The van der Waals surface area contributed by atoms with Gasteiger partial charge in [0.2, 0.25) is 0 Å². The molecule has 2 aromatic carbocycles. The van der Waals surface area contributed by atoms with Crippen LogP contribution in [0.4, 0.5) is 5.69 Å². The van der Waals surface area contributed by atoms with Gasteiger partial charge in [-0.05, 0) is 42.5 Å². The van der Waals surface area contributed by atoms with E-state index in [1.165, 1.54) is 0 Å². The molecule has 0 aliphatic heterocycles. The molecule has 29 heavy (non-hydrogen) atoms. The van der Waals surface area contributed by atoms with Crippen molar-refractivity contribution in [1.29, 1.82) is 0 Å². The Labute approximate surface area is 183 Å².